The molecule has 10 heteroatoms. The molecular weight excluding hydrogens is 737 g/mol. The van der Waals surface area contributed by atoms with E-state index in [2.05, 4.69) is 13.8 Å². The summed E-state index contributed by atoms with van der Waals surface area (Å²) in [4.78, 5) is 34.9. The van der Waals surface area contributed by atoms with Crippen LogP contribution in [-0.4, -0.2) is 49.3 Å². The monoisotopic (exact) mass is 832 g/mol. The molecule has 0 aliphatic carbocycles. The van der Waals surface area contributed by atoms with Crippen LogP contribution in [0.15, 0.2) is 0 Å². The summed E-state index contributed by atoms with van der Waals surface area (Å²) in [6.45, 7) is 3.79. The maximum Gasteiger partial charge on any atom is 0.472 e. The number of ether oxygens (including phenoxy) is 2. The zero-order valence-electron chi connectivity index (χ0n) is 37.6. The van der Waals surface area contributed by atoms with Gasteiger partial charge in [-0.05, 0) is 12.8 Å². The smallest absolute Gasteiger partial charge is 0.462 e. The first-order valence-corrected chi connectivity index (χ1v) is 26.0. The first-order valence-electron chi connectivity index (χ1n) is 24.5. The van der Waals surface area contributed by atoms with Gasteiger partial charge in [0.05, 0.1) is 13.2 Å². The van der Waals surface area contributed by atoms with Gasteiger partial charge in [0.2, 0.25) is 0 Å². The lowest BCUT2D eigenvalue weighted by molar-refractivity contribution is -0.161. The minimum atomic E-state index is -4.37. The van der Waals surface area contributed by atoms with E-state index in [1.165, 1.54) is 193 Å². The molecule has 0 aromatic heterocycles. The molecule has 0 heterocycles. The molecule has 340 valence electrons. The molecule has 0 radical (unpaired) electrons. The molecule has 0 aromatic carbocycles. The second-order valence-corrected chi connectivity index (χ2v) is 18.2. The number of phosphoric ester groups is 1. The third kappa shape index (κ3) is 44.4. The fourth-order valence-electron chi connectivity index (χ4n) is 7.34. The Labute approximate surface area is 352 Å². The third-order valence-electron chi connectivity index (χ3n) is 11.0. The summed E-state index contributed by atoms with van der Waals surface area (Å²) < 4.78 is 32.9. The second-order valence-electron chi connectivity index (χ2n) is 16.7. The number of esters is 2. The Morgan fingerprint density at radius 1 is 0.456 bits per heavy atom. The number of phosphoric acid groups is 1. The van der Waals surface area contributed by atoms with Crippen molar-refractivity contribution in [2.24, 2.45) is 5.73 Å². The fourth-order valence-corrected chi connectivity index (χ4v) is 8.11. The predicted octanol–water partition coefficient (Wildman–Crippen LogP) is 14.4. The summed E-state index contributed by atoms with van der Waals surface area (Å²) in [5.41, 5.74) is 5.36. The van der Waals surface area contributed by atoms with Crippen LogP contribution in [0.3, 0.4) is 0 Å². The number of rotatable bonds is 47. The van der Waals surface area contributed by atoms with Crippen LogP contribution in [0.2, 0.25) is 0 Å². The van der Waals surface area contributed by atoms with Gasteiger partial charge < -0.3 is 20.1 Å². The standard InChI is InChI=1S/C47H94NO8P/c1-3-5-7-9-11-13-15-17-18-19-20-21-22-23-24-25-26-28-29-31-33-35-37-39-46(49)53-43-45(44-55-57(51,52)54-42-41-48)56-47(50)40-38-36-34-32-30-27-16-14-12-10-8-6-4-2/h45H,3-44,48H2,1-2H3,(H,51,52)/t45-/m0/s1. The average molecular weight is 832 g/mol. The largest absolute Gasteiger partial charge is 0.472 e. The van der Waals surface area contributed by atoms with Gasteiger partial charge in [0.25, 0.3) is 0 Å². The highest BCUT2D eigenvalue weighted by atomic mass is 31.2. The molecule has 57 heavy (non-hydrogen) atoms. The van der Waals surface area contributed by atoms with E-state index in [1.54, 1.807) is 0 Å². The van der Waals surface area contributed by atoms with Gasteiger partial charge in [0, 0.05) is 19.4 Å². The van der Waals surface area contributed by atoms with E-state index >= 15 is 0 Å². The lowest BCUT2D eigenvalue weighted by Gasteiger charge is -2.19. The van der Waals surface area contributed by atoms with Crippen LogP contribution < -0.4 is 5.73 Å². The summed E-state index contributed by atoms with van der Waals surface area (Å²) in [6, 6.07) is 0. The molecule has 0 saturated heterocycles. The van der Waals surface area contributed by atoms with Crippen molar-refractivity contribution in [3.8, 4) is 0 Å². The number of hydrogen-bond donors (Lipinski definition) is 2. The molecular formula is C47H94NO8P. The SMILES string of the molecule is CCCCCCCCCCCCCCCCCCCCCCCCCC(=O)OC[C@@H](COP(=O)(O)OCCN)OC(=O)CCCCCCCCCCCCCCC. The van der Waals surface area contributed by atoms with Crippen LogP contribution in [0, 0.1) is 0 Å². The molecule has 3 N–H and O–H groups in total. The maximum atomic E-state index is 12.6. The van der Waals surface area contributed by atoms with Crippen molar-refractivity contribution in [2.75, 3.05) is 26.4 Å². The van der Waals surface area contributed by atoms with Gasteiger partial charge in [-0.15, -0.1) is 0 Å². The number of nitrogens with two attached hydrogens (primary N) is 1. The normalized spacial score (nSPS) is 13.1. The highest BCUT2D eigenvalue weighted by Gasteiger charge is 2.26. The number of carbonyl (C=O) groups is 2. The Kier molecular flexibility index (Phi) is 43.8. The average Bonchev–Trinajstić information content (AvgIpc) is 3.20. The molecule has 0 bridgehead atoms. The molecule has 0 fully saturated rings. The van der Waals surface area contributed by atoms with Gasteiger partial charge >= 0.3 is 19.8 Å². The molecule has 0 aliphatic heterocycles. The minimum absolute atomic E-state index is 0.0582. The van der Waals surface area contributed by atoms with Gasteiger partial charge in [-0.25, -0.2) is 4.57 Å². The van der Waals surface area contributed by atoms with E-state index in [1.807, 2.05) is 0 Å². The molecule has 0 aliphatic rings. The van der Waals surface area contributed by atoms with Crippen molar-refractivity contribution in [3.63, 3.8) is 0 Å². The minimum Gasteiger partial charge on any atom is -0.462 e. The van der Waals surface area contributed by atoms with Crippen LogP contribution in [0.1, 0.15) is 258 Å². The molecule has 2 atom stereocenters. The van der Waals surface area contributed by atoms with Gasteiger partial charge in [-0.1, -0.05) is 232 Å². The fraction of sp³-hybridized carbons (Fsp3) is 0.957. The van der Waals surface area contributed by atoms with Gasteiger partial charge in [-0.3, -0.25) is 18.6 Å². The van der Waals surface area contributed by atoms with E-state index in [0.717, 1.165) is 32.1 Å². The summed E-state index contributed by atoms with van der Waals surface area (Å²) >= 11 is 0. The maximum absolute atomic E-state index is 12.6. The predicted molar refractivity (Wildman–Crippen MR) is 238 cm³/mol. The highest BCUT2D eigenvalue weighted by Crippen LogP contribution is 2.43. The van der Waals surface area contributed by atoms with E-state index in [0.29, 0.717) is 6.42 Å². The van der Waals surface area contributed by atoms with E-state index < -0.39 is 26.5 Å². The Morgan fingerprint density at radius 2 is 0.754 bits per heavy atom. The Balaban J connectivity index is 3.95. The first-order chi connectivity index (χ1) is 27.8. The molecule has 0 rings (SSSR count). The Bertz CT molecular complexity index is 907. The van der Waals surface area contributed by atoms with Crippen molar-refractivity contribution >= 4 is 19.8 Å². The lowest BCUT2D eigenvalue weighted by atomic mass is 10.0. The zero-order chi connectivity index (χ0) is 41.8. The van der Waals surface area contributed by atoms with E-state index in [4.69, 9.17) is 24.3 Å². The number of unbranched alkanes of at least 4 members (excludes halogenated alkanes) is 34. The van der Waals surface area contributed by atoms with Crippen LogP contribution in [-0.2, 0) is 32.7 Å². The zero-order valence-corrected chi connectivity index (χ0v) is 38.5. The molecule has 0 spiro atoms. The first kappa shape index (κ1) is 56.0. The summed E-state index contributed by atoms with van der Waals surface area (Å²) in [7, 11) is -4.37. The summed E-state index contributed by atoms with van der Waals surface area (Å²) in [5.74, 6) is -0.809. The second kappa shape index (κ2) is 44.6. The summed E-state index contributed by atoms with van der Waals surface area (Å²) in [5, 5.41) is 0. The highest BCUT2D eigenvalue weighted by molar-refractivity contribution is 7.47. The van der Waals surface area contributed by atoms with Crippen LogP contribution in [0.25, 0.3) is 0 Å². The molecule has 0 saturated carbocycles. The van der Waals surface area contributed by atoms with Crippen LogP contribution >= 0.6 is 7.82 Å². The Hall–Kier alpha value is -0.990. The number of hydrogen-bond acceptors (Lipinski definition) is 8. The third-order valence-corrected chi connectivity index (χ3v) is 12.0. The quantitative estimate of drug-likeness (QED) is 0.0349. The van der Waals surface area contributed by atoms with Crippen molar-refractivity contribution < 1.29 is 37.6 Å². The Morgan fingerprint density at radius 3 is 1.07 bits per heavy atom. The van der Waals surface area contributed by atoms with Crippen molar-refractivity contribution in [1.82, 2.24) is 0 Å². The lowest BCUT2D eigenvalue weighted by Crippen LogP contribution is -2.29. The van der Waals surface area contributed by atoms with E-state index in [9.17, 15) is 19.0 Å². The molecule has 0 amide bonds. The van der Waals surface area contributed by atoms with Crippen LogP contribution in [0.5, 0.6) is 0 Å². The van der Waals surface area contributed by atoms with Gasteiger partial charge in [-0.2, -0.15) is 0 Å². The molecule has 0 aromatic rings. The van der Waals surface area contributed by atoms with Crippen molar-refractivity contribution in [3.05, 3.63) is 0 Å². The van der Waals surface area contributed by atoms with Gasteiger partial charge in [0.1, 0.15) is 6.61 Å². The summed E-state index contributed by atoms with van der Waals surface area (Å²) in [6.07, 6.45) is 45.7. The topological polar surface area (TPSA) is 134 Å². The molecule has 9 nitrogen and oxygen atoms in total. The van der Waals surface area contributed by atoms with Crippen molar-refractivity contribution in [1.29, 1.82) is 0 Å². The van der Waals surface area contributed by atoms with E-state index in [-0.39, 0.29) is 38.6 Å². The molecule has 1 unspecified atom stereocenters. The van der Waals surface area contributed by atoms with Crippen LogP contribution in [0.4, 0.5) is 0 Å². The van der Waals surface area contributed by atoms with Gasteiger partial charge in [0.15, 0.2) is 6.10 Å². The number of carbonyl (C=O) groups excluding carboxylic acids is 2. The van der Waals surface area contributed by atoms with Crippen molar-refractivity contribution in [2.45, 2.75) is 264 Å².